The van der Waals surface area contributed by atoms with Gasteiger partial charge in [-0.1, -0.05) is 198 Å². The van der Waals surface area contributed by atoms with Crippen LogP contribution in [0.15, 0.2) is 36.5 Å². The molecule has 0 saturated carbocycles. The number of carboxylic acids is 1. The van der Waals surface area contributed by atoms with Crippen LogP contribution in [0.3, 0.4) is 0 Å². The number of ether oxygens (including phenoxy) is 4. The quantitative estimate of drug-likeness (QED) is 0.0195. The van der Waals surface area contributed by atoms with E-state index < -0.39 is 24.3 Å². The molecule has 0 fully saturated rings. The Hall–Kier alpha value is -2.49. The highest BCUT2D eigenvalue weighted by Gasteiger charge is 2.22. The van der Waals surface area contributed by atoms with Crippen LogP contribution in [0.1, 0.15) is 226 Å². The lowest BCUT2D eigenvalue weighted by atomic mass is 10.0. The number of nitrogens with zero attached hydrogens (tertiary/aromatic N) is 1. The first-order chi connectivity index (χ1) is 30.1. The monoisotopic (exact) mass is 876 g/mol. The summed E-state index contributed by atoms with van der Waals surface area (Å²) in [5.74, 6) is -2.28. The van der Waals surface area contributed by atoms with Crippen LogP contribution in [0.5, 0.6) is 0 Å². The van der Waals surface area contributed by atoms with Crippen molar-refractivity contribution in [1.29, 1.82) is 0 Å². The van der Waals surface area contributed by atoms with Gasteiger partial charge in [-0.3, -0.25) is 9.59 Å². The van der Waals surface area contributed by atoms with Crippen molar-refractivity contribution in [2.75, 3.05) is 47.5 Å². The fraction of sp³-hybridized carbons (Fsp3) is 0.830. The van der Waals surface area contributed by atoms with Gasteiger partial charge in [0.05, 0.1) is 40.3 Å². The molecular formula is C53H97NO8. The summed E-state index contributed by atoms with van der Waals surface area (Å²) in [6.07, 6.45) is 48.9. The summed E-state index contributed by atoms with van der Waals surface area (Å²) < 4.78 is 22.6. The molecule has 0 spiro atoms. The van der Waals surface area contributed by atoms with Crippen molar-refractivity contribution in [3.05, 3.63) is 36.5 Å². The lowest BCUT2D eigenvalue weighted by molar-refractivity contribution is -0.870. The topological polar surface area (TPSA) is 111 Å². The van der Waals surface area contributed by atoms with Crippen LogP contribution in [-0.2, 0) is 33.3 Å². The van der Waals surface area contributed by atoms with Gasteiger partial charge in [-0.15, -0.1) is 0 Å². The molecule has 0 bridgehead atoms. The fourth-order valence-corrected chi connectivity index (χ4v) is 7.13. The molecule has 0 radical (unpaired) electrons. The predicted octanol–water partition coefficient (Wildman–Crippen LogP) is 12.8. The first-order valence-electron chi connectivity index (χ1n) is 25.6. The molecule has 0 heterocycles. The molecule has 0 amide bonds. The van der Waals surface area contributed by atoms with E-state index in [1.807, 2.05) is 21.1 Å². The third kappa shape index (κ3) is 45.5. The van der Waals surface area contributed by atoms with Crippen LogP contribution in [0.25, 0.3) is 0 Å². The van der Waals surface area contributed by atoms with Crippen molar-refractivity contribution >= 4 is 17.9 Å². The van der Waals surface area contributed by atoms with Gasteiger partial charge in [0.25, 0.3) is 0 Å². The Kier molecular flexibility index (Phi) is 43.3. The van der Waals surface area contributed by atoms with E-state index in [0.29, 0.717) is 23.9 Å². The normalized spacial score (nSPS) is 13.1. The molecule has 0 aliphatic carbocycles. The summed E-state index contributed by atoms with van der Waals surface area (Å²) in [5, 5.41) is 11.7. The maximum Gasteiger partial charge on any atom is 0.306 e. The van der Waals surface area contributed by atoms with Crippen molar-refractivity contribution in [3.8, 4) is 0 Å². The van der Waals surface area contributed by atoms with Gasteiger partial charge in [-0.05, 0) is 51.4 Å². The molecule has 2 unspecified atom stereocenters. The Bertz CT molecular complexity index is 1110. The van der Waals surface area contributed by atoms with Crippen molar-refractivity contribution in [3.63, 3.8) is 0 Å². The number of unbranched alkanes of at least 4 members (excludes halogenated alkanes) is 26. The minimum absolute atomic E-state index is 0.147. The highest BCUT2D eigenvalue weighted by molar-refractivity contribution is 5.70. The van der Waals surface area contributed by atoms with Gasteiger partial charge >= 0.3 is 11.9 Å². The number of hydrogen-bond acceptors (Lipinski definition) is 8. The van der Waals surface area contributed by atoms with Gasteiger partial charge in [-0.25, -0.2) is 0 Å². The maximum atomic E-state index is 12.8. The van der Waals surface area contributed by atoms with Crippen LogP contribution in [0.2, 0.25) is 0 Å². The van der Waals surface area contributed by atoms with E-state index in [0.717, 1.165) is 57.8 Å². The molecule has 2 atom stereocenters. The predicted molar refractivity (Wildman–Crippen MR) is 256 cm³/mol. The van der Waals surface area contributed by atoms with Gasteiger partial charge in [0.15, 0.2) is 12.4 Å². The summed E-state index contributed by atoms with van der Waals surface area (Å²) >= 11 is 0. The van der Waals surface area contributed by atoms with Gasteiger partial charge in [-0.2, -0.15) is 0 Å². The van der Waals surface area contributed by atoms with Crippen LogP contribution in [0.4, 0.5) is 0 Å². The first kappa shape index (κ1) is 59.5. The lowest BCUT2D eigenvalue weighted by Gasteiger charge is -2.26. The number of rotatable bonds is 47. The number of carboxylic acid groups (broad SMARTS) is 1. The number of likely N-dealkylation sites (N-methyl/N-ethyl adjacent to an activating group) is 1. The van der Waals surface area contributed by atoms with E-state index in [1.165, 1.54) is 135 Å². The first-order valence-corrected chi connectivity index (χ1v) is 25.6. The zero-order valence-corrected chi connectivity index (χ0v) is 41.0. The Balaban J connectivity index is 4.33. The molecule has 62 heavy (non-hydrogen) atoms. The molecule has 9 nitrogen and oxygen atoms in total. The minimum atomic E-state index is -1.62. The Labute approximate surface area is 381 Å². The van der Waals surface area contributed by atoms with E-state index in [-0.39, 0.29) is 32.2 Å². The third-order valence-electron chi connectivity index (χ3n) is 11.1. The molecule has 0 aliphatic rings. The largest absolute Gasteiger partial charge is 0.545 e. The second-order valence-electron chi connectivity index (χ2n) is 18.5. The van der Waals surface area contributed by atoms with Gasteiger partial charge < -0.3 is 33.3 Å². The maximum absolute atomic E-state index is 12.8. The molecule has 0 aliphatic heterocycles. The number of esters is 2. The molecule has 362 valence electrons. The fourth-order valence-electron chi connectivity index (χ4n) is 7.13. The van der Waals surface area contributed by atoms with Crippen LogP contribution < -0.4 is 5.11 Å². The SMILES string of the molecule is CCCCCCC/C=C\C/C=C\C/C=C\CCCCCCCCCCC(=O)OC(COC(=O)CCCCCCCCCCCCCCCC)COC(OCC[N+](C)(C)C)C(=O)[O-]. The number of quaternary nitrogens is 1. The van der Waals surface area contributed by atoms with Crippen molar-refractivity contribution in [2.45, 2.75) is 238 Å². The molecule has 0 aromatic heterocycles. The second kappa shape index (κ2) is 45.1. The number of allylic oxidation sites excluding steroid dienone is 6. The highest BCUT2D eigenvalue weighted by atomic mass is 16.7. The van der Waals surface area contributed by atoms with Crippen molar-refractivity contribution < 1.29 is 42.9 Å². The van der Waals surface area contributed by atoms with Gasteiger partial charge in [0.1, 0.15) is 13.2 Å². The van der Waals surface area contributed by atoms with Crippen LogP contribution in [0, 0.1) is 0 Å². The Morgan fingerprint density at radius 1 is 0.484 bits per heavy atom. The van der Waals surface area contributed by atoms with E-state index in [1.54, 1.807) is 0 Å². The Morgan fingerprint density at radius 2 is 0.871 bits per heavy atom. The van der Waals surface area contributed by atoms with Crippen LogP contribution in [-0.4, -0.2) is 82.3 Å². The Morgan fingerprint density at radius 3 is 1.29 bits per heavy atom. The second-order valence-corrected chi connectivity index (χ2v) is 18.5. The van der Waals surface area contributed by atoms with E-state index in [9.17, 15) is 19.5 Å². The summed E-state index contributed by atoms with van der Waals surface area (Å²) in [6.45, 7) is 4.74. The highest BCUT2D eigenvalue weighted by Crippen LogP contribution is 2.15. The molecule has 0 saturated heterocycles. The van der Waals surface area contributed by atoms with Crippen LogP contribution >= 0.6 is 0 Å². The number of hydrogen-bond donors (Lipinski definition) is 0. The lowest BCUT2D eigenvalue weighted by Crippen LogP contribution is -2.44. The van der Waals surface area contributed by atoms with Crippen molar-refractivity contribution in [2.24, 2.45) is 0 Å². The third-order valence-corrected chi connectivity index (χ3v) is 11.1. The minimum Gasteiger partial charge on any atom is -0.545 e. The summed E-state index contributed by atoms with van der Waals surface area (Å²) in [4.78, 5) is 37.1. The molecule has 9 heteroatoms. The average molecular weight is 876 g/mol. The van der Waals surface area contributed by atoms with E-state index in [4.69, 9.17) is 18.9 Å². The molecular weight excluding hydrogens is 779 g/mol. The summed E-state index contributed by atoms with van der Waals surface area (Å²) in [5.41, 5.74) is 0. The number of carbonyl (C=O) groups is 3. The number of carbonyl (C=O) groups excluding carboxylic acids is 3. The zero-order chi connectivity index (χ0) is 45.6. The molecule has 0 rings (SSSR count). The van der Waals surface area contributed by atoms with Gasteiger partial charge in [0, 0.05) is 12.8 Å². The molecule has 0 N–H and O–H groups in total. The van der Waals surface area contributed by atoms with E-state index >= 15 is 0 Å². The molecule has 0 aromatic carbocycles. The standard InChI is InChI=1S/C53H97NO8/c1-6-8-10-12-14-16-18-20-22-23-24-25-26-27-28-29-30-32-34-36-38-40-42-44-51(56)62-49(48-61-53(52(57)58)59-46-45-54(3,4)5)47-60-50(55)43-41-39-37-35-33-31-21-19-17-15-13-11-9-7-2/h18,20,23-24,26-27,49,53H,6-17,19,21-22,25,28-48H2,1-5H3/b20-18-,24-23-,27-26-. The summed E-state index contributed by atoms with van der Waals surface area (Å²) in [6, 6.07) is 0. The average Bonchev–Trinajstić information content (AvgIpc) is 3.23. The number of aliphatic carboxylic acids is 1. The van der Waals surface area contributed by atoms with Gasteiger partial charge in [0.2, 0.25) is 0 Å². The molecule has 0 aromatic rings. The smallest absolute Gasteiger partial charge is 0.306 e. The summed E-state index contributed by atoms with van der Waals surface area (Å²) in [7, 11) is 5.91. The van der Waals surface area contributed by atoms with E-state index in [2.05, 4.69) is 50.3 Å². The zero-order valence-electron chi connectivity index (χ0n) is 41.0. The van der Waals surface area contributed by atoms with Crippen molar-refractivity contribution in [1.82, 2.24) is 0 Å².